The fourth-order valence-electron chi connectivity index (χ4n) is 1.77. The number of rotatable bonds is 2. The third kappa shape index (κ3) is 1.84. The largest absolute Gasteiger partial charge is 0.493 e. The normalized spacial score (nSPS) is 10.4. The highest BCUT2D eigenvalue weighted by Gasteiger charge is 2.08. The second-order valence-corrected chi connectivity index (χ2v) is 3.83. The highest BCUT2D eigenvalue weighted by atomic mass is 16.5. The van der Waals surface area contributed by atoms with Crippen molar-refractivity contribution < 1.29 is 9.47 Å². The Hall–Kier alpha value is -2.30. The maximum atomic E-state index is 12.1. The summed E-state index contributed by atoms with van der Waals surface area (Å²) < 4.78 is 11.4. The topological polar surface area (TPSA) is 57.5 Å². The van der Waals surface area contributed by atoms with Crippen molar-refractivity contribution in [3.05, 3.63) is 45.0 Å². The third-order valence-electron chi connectivity index (χ3n) is 2.83. The molecule has 0 fully saturated rings. The van der Waals surface area contributed by atoms with Crippen molar-refractivity contribution in [1.82, 2.24) is 4.57 Å². The summed E-state index contributed by atoms with van der Waals surface area (Å²) in [6.07, 6.45) is 0. The minimum atomic E-state index is -0.360. The summed E-state index contributed by atoms with van der Waals surface area (Å²) in [4.78, 5) is 23.6. The molecule has 0 aliphatic heterocycles. The van der Waals surface area contributed by atoms with E-state index in [1.165, 1.54) is 27.3 Å². The third-order valence-corrected chi connectivity index (χ3v) is 2.83. The molecule has 94 valence electrons. The molecule has 18 heavy (non-hydrogen) atoms. The molecule has 0 bridgehead atoms. The van der Waals surface area contributed by atoms with Gasteiger partial charge in [-0.25, -0.2) is 0 Å². The van der Waals surface area contributed by atoms with Crippen LogP contribution in [0.3, 0.4) is 0 Å². The van der Waals surface area contributed by atoms with Gasteiger partial charge in [-0.15, -0.1) is 0 Å². The molecular formula is C13H13NO4. The molecule has 2 aromatic rings. The van der Waals surface area contributed by atoms with E-state index in [-0.39, 0.29) is 11.1 Å². The maximum Gasteiger partial charge on any atom is 0.261 e. The van der Waals surface area contributed by atoms with E-state index >= 15 is 0 Å². The molecule has 0 radical (unpaired) electrons. The van der Waals surface area contributed by atoms with Crippen LogP contribution in [0.15, 0.2) is 33.9 Å². The van der Waals surface area contributed by atoms with Crippen LogP contribution >= 0.6 is 0 Å². The Morgan fingerprint density at radius 2 is 1.61 bits per heavy atom. The lowest BCUT2D eigenvalue weighted by Gasteiger charge is -2.07. The van der Waals surface area contributed by atoms with E-state index < -0.39 is 0 Å². The molecule has 0 aliphatic carbocycles. The lowest BCUT2D eigenvalue weighted by atomic mass is 10.1. The fraction of sp³-hybridized carbons (Fsp3) is 0.231. The molecule has 0 saturated heterocycles. The molecule has 0 saturated carbocycles. The highest BCUT2D eigenvalue weighted by molar-refractivity contribution is 5.84. The summed E-state index contributed by atoms with van der Waals surface area (Å²) in [7, 11) is 4.46. The number of ether oxygens (including phenoxy) is 2. The number of aromatic nitrogens is 1. The van der Waals surface area contributed by atoms with Gasteiger partial charge in [-0.05, 0) is 23.6 Å². The first-order valence-corrected chi connectivity index (χ1v) is 5.34. The SMILES string of the molecule is COc1cc2ccc(=O)n(C)c(=O)c2cc1OC. The minimum absolute atomic E-state index is 0.353. The standard InChI is InChI=1S/C13H13NO4/c1-14-12(15)5-4-8-6-10(17-2)11(18-3)7-9(8)13(14)16/h4-7H,1-3H3. The highest BCUT2D eigenvalue weighted by Crippen LogP contribution is 2.30. The van der Waals surface area contributed by atoms with E-state index in [2.05, 4.69) is 0 Å². The number of nitrogens with zero attached hydrogens (tertiary/aromatic N) is 1. The van der Waals surface area contributed by atoms with Crippen LogP contribution in [0, 0.1) is 0 Å². The molecule has 5 nitrogen and oxygen atoms in total. The predicted molar refractivity (Wildman–Crippen MR) is 68.6 cm³/mol. The quantitative estimate of drug-likeness (QED) is 0.791. The molecule has 2 rings (SSSR count). The second-order valence-electron chi connectivity index (χ2n) is 3.83. The number of fused-ring (bicyclic) bond motifs is 1. The average Bonchev–Trinajstić information content (AvgIpc) is 2.50. The second kappa shape index (κ2) is 4.52. The van der Waals surface area contributed by atoms with Crippen molar-refractivity contribution in [3.8, 4) is 11.5 Å². The smallest absolute Gasteiger partial charge is 0.261 e. The molecule has 1 heterocycles. The predicted octanol–water partition coefficient (Wildman–Crippen LogP) is 0.916. The van der Waals surface area contributed by atoms with Gasteiger partial charge in [-0.2, -0.15) is 0 Å². The van der Waals surface area contributed by atoms with Gasteiger partial charge in [0.25, 0.3) is 11.1 Å². The summed E-state index contributed by atoms with van der Waals surface area (Å²) in [6.45, 7) is 0. The van der Waals surface area contributed by atoms with E-state index in [0.29, 0.717) is 22.3 Å². The first-order chi connectivity index (χ1) is 8.58. The zero-order valence-corrected chi connectivity index (χ0v) is 10.4. The lowest BCUT2D eigenvalue weighted by molar-refractivity contribution is 0.356. The van der Waals surface area contributed by atoms with Crippen molar-refractivity contribution in [2.24, 2.45) is 7.05 Å². The van der Waals surface area contributed by atoms with Crippen LogP contribution in [0.25, 0.3) is 10.8 Å². The minimum Gasteiger partial charge on any atom is -0.493 e. The average molecular weight is 247 g/mol. The number of hydrogen-bond acceptors (Lipinski definition) is 4. The Bertz CT molecular complexity index is 718. The van der Waals surface area contributed by atoms with Crippen molar-refractivity contribution in [2.75, 3.05) is 14.2 Å². The number of hydrogen-bond donors (Lipinski definition) is 0. The molecular weight excluding hydrogens is 234 g/mol. The van der Waals surface area contributed by atoms with Crippen molar-refractivity contribution in [3.63, 3.8) is 0 Å². The van der Waals surface area contributed by atoms with E-state index in [9.17, 15) is 9.59 Å². The van der Waals surface area contributed by atoms with Gasteiger partial charge in [-0.1, -0.05) is 0 Å². The molecule has 0 amide bonds. The van der Waals surface area contributed by atoms with Crippen LogP contribution in [0.5, 0.6) is 11.5 Å². The maximum absolute atomic E-state index is 12.1. The first-order valence-electron chi connectivity index (χ1n) is 5.34. The van der Waals surface area contributed by atoms with Gasteiger partial charge in [0.15, 0.2) is 11.5 Å². The van der Waals surface area contributed by atoms with Crippen LogP contribution in [-0.2, 0) is 7.05 Å². The zero-order valence-electron chi connectivity index (χ0n) is 10.4. The van der Waals surface area contributed by atoms with E-state index in [0.717, 1.165) is 4.57 Å². The van der Waals surface area contributed by atoms with Crippen LogP contribution in [-0.4, -0.2) is 18.8 Å². The van der Waals surface area contributed by atoms with Crippen molar-refractivity contribution >= 4 is 10.8 Å². The fourth-order valence-corrected chi connectivity index (χ4v) is 1.77. The van der Waals surface area contributed by atoms with Crippen LogP contribution in [0.2, 0.25) is 0 Å². The van der Waals surface area contributed by atoms with Gasteiger partial charge >= 0.3 is 0 Å². The summed E-state index contributed by atoms with van der Waals surface area (Å²) in [6, 6.07) is 6.21. The number of benzene rings is 1. The Kier molecular flexibility index (Phi) is 3.06. The summed E-state index contributed by atoms with van der Waals surface area (Å²) in [5.41, 5.74) is -0.713. The Morgan fingerprint density at radius 1 is 1.00 bits per heavy atom. The zero-order chi connectivity index (χ0) is 13.3. The van der Waals surface area contributed by atoms with E-state index in [1.54, 1.807) is 18.2 Å². The van der Waals surface area contributed by atoms with Crippen LogP contribution < -0.4 is 20.6 Å². The number of methoxy groups -OCH3 is 2. The summed E-state index contributed by atoms with van der Waals surface area (Å²) >= 11 is 0. The van der Waals surface area contributed by atoms with Gasteiger partial charge in [0.05, 0.1) is 19.6 Å². The molecule has 0 N–H and O–H groups in total. The molecule has 0 spiro atoms. The van der Waals surface area contributed by atoms with Gasteiger partial charge in [0.1, 0.15) is 0 Å². The molecule has 1 aromatic carbocycles. The van der Waals surface area contributed by atoms with Crippen molar-refractivity contribution in [1.29, 1.82) is 0 Å². The van der Waals surface area contributed by atoms with Gasteiger partial charge in [0.2, 0.25) is 0 Å². The summed E-state index contributed by atoms with van der Waals surface area (Å²) in [5.74, 6) is 0.978. The van der Waals surface area contributed by atoms with Gasteiger partial charge in [0, 0.05) is 13.1 Å². The van der Waals surface area contributed by atoms with Gasteiger partial charge < -0.3 is 9.47 Å². The van der Waals surface area contributed by atoms with E-state index in [1.807, 2.05) is 0 Å². The Balaban J connectivity index is 3.00. The Labute approximate surface area is 103 Å². The molecule has 0 atom stereocenters. The lowest BCUT2D eigenvalue weighted by Crippen LogP contribution is -2.26. The van der Waals surface area contributed by atoms with Gasteiger partial charge in [-0.3, -0.25) is 14.2 Å². The van der Waals surface area contributed by atoms with Crippen LogP contribution in [0.1, 0.15) is 0 Å². The van der Waals surface area contributed by atoms with E-state index in [4.69, 9.17) is 9.47 Å². The molecule has 5 heteroatoms. The molecule has 0 unspecified atom stereocenters. The first kappa shape index (κ1) is 12.2. The molecule has 0 aliphatic rings. The monoisotopic (exact) mass is 247 g/mol. The van der Waals surface area contributed by atoms with Crippen LogP contribution in [0.4, 0.5) is 0 Å². The van der Waals surface area contributed by atoms with Crippen molar-refractivity contribution in [2.45, 2.75) is 0 Å². The Morgan fingerprint density at radius 3 is 2.22 bits per heavy atom. The molecule has 1 aromatic heterocycles. The summed E-state index contributed by atoms with van der Waals surface area (Å²) in [5, 5.41) is 1.05.